The van der Waals surface area contributed by atoms with Crippen molar-refractivity contribution in [1.82, 2.24) is 35.5 Å². The maximum atomic E-state index is 13.9. The lowest BCUT2D eigenvalue weighted by Crippen LogP contribution is -2.52. The quantitative estimate of drug-likeness (QED) is 0.288. The molecular weight excluding hydrogens is 497 g/mol. The zero-order chi connectivity index (χ0) is 26.6. The van der Waals surface area contributed by atoms with Crippen LogP contribution in [-0.2, 0) is 16.7 Å². The summed E-state index contributed by atoms with van der Waals surface area (Å²) in [6.45, 7) is 4.22. The molecule has 3 atom stereocenters. The molecule has 2 aliphatic rings. The smallest absolute Gasteiger partial charge is 0.242 e. The van der Waals surface area contributed by atoms with Crippen LogP contribution in [0.2, 0.25) is 0 Å². The zero-order valence-corrected chi connectivity index (χ0v) is 21.9. The molecule has 7 rings (SSSR count). The number of pyridine rings is 1. The number of para-hydroxylation sites is 1. The summed E-state index contributed by atoms with van der Waals surface area (Å²) in [6.07, 6.45) is 6.29. The molecule has 1 aromatic carbocycles. The number of halogens is 1. The SMILES string of the molecule is Cc1nnc(C2(CC3CCCCO3)N[C@@H](c3ncc(-c4ccc(F)c(C)n4)[nH]3)Cc3c2[nH]c2ccccc32)o1. The van der Waals surface area contributed by atoms with Crippen molar-refractivity contribution < 1.29 is 13.5 Å². The van der Waals surface area contributed by atoms with Gasteiger partial charge in [0.25, 0.3) is 0 Å². The Balaban J connectivity index is 1.36. The Labute approximate surface area is 224 Å². The Morgan fingerprint density at radius 2 is 1.97 bits per heavy atom. The van der Waals surface area contributed by atoms with E-state index < -0.39 is 5.54 Å². The normalized spacial score (nSPS) is 23.3. The summed E-state index contributed by atoms with van der Waals surface area (Å²) in [7, 11) is 0. The number of hydrogen-bond donors (Lipinski definition) is 3. The summed E-state index contributed by atoms with van der Waals surface area (Å²) in [5.74, 6) is 1.45. The van der Waals surface area contributed by atoms with Gasteiger partial charge in [-0.25, -0.2) is 14.4 Å². The number of aromatic amines is 2. The van der Waals surface area contributed by atoms with E-state index in [1.807, 2.05) is 13.0 Å². The van der Waals surface area contributed by atoms with Gasteiger partial charge in [-0.2, -0.15) is 0 Å². The van der Waals surface area contributed by atoms with Crippen LogP contribution in [0.15, 0.2) is 47.0 Å². The predicted molar refractivity (Wildman–Crippen MR) is 142 cm³/mol. The lowest BCUT2D eigenvalue weighted by atomic mass is 9.78. The van der Waals surface area contributed by atoms with Crippen LogP contribution >= 0.6 is 0 Å². The highest BCUT2D eigenvalue weighted by molar-refractivity contribution is 5.85. The first-order valence-electron chi connectivity index (χ1n) is 13.5. The van der Waals surface area contributed by atoms with E-state index in [0.717, 1.165) is 54.0 Å². The first-order chi connectivity index (χ1) is 19.0. The van der Waals surface area contributed by atoms with Crippen molar-refractivity contribution in [1.29, 1.82) is 0 Å². The number of fused-ring (bicyclic) bond motifs is 3. The van der Waals surface area contributed by atoms with Gasteiger partial charge in [0.15, 0.2) is 0 Å². The molecule has 0 aliphatic carbocycles. The molecule has 1 saturated heterocycles. The standard InChI is InChI=1S/C29H30FN7O2/c1-16-21(30)10-11-23(32-16)25-15-31-27(34-25)24-13-20-19-8-3-4-9-22(19)33-26(20)29(35-24,28-37-36-17(2)39-28)14-18-7-5-6-12-38-18/h3-4,8-11,15,18,24,33,35H,5-7,12-14H2,1-2H3,(H,31,34)/t18?,24-,29?/m1/s1. The van der Waals surface area contributed by atoms with Crippen molar-refractivity contribution >= 4 is 10.9 Å². The fraction of sp³-hybridized carbons (Fsp3) is 0.379. The minimum atomic E-state index is -0.807. The van der Waals surface area contributed by atoms with Crippen LogP contribution in [0.25, 0.3) is 22.3 Å². The fourth-order valence-electron chi connectivity index (χ4n) is 6.10. The summed E-state index contributed by atoms with van der Waals surface area (Å²) in [4.78, 5) is 16.3. The zero-order valence-electron chi connectivity index (χ0n) is 21.9. The highest BCUT2D eigenvalue weighted by Gasteiger charge is 2.50. The molecule has 1 fully saturated rings. The number of benzene rings is 1. The first-order valence-corrected chi connectivity index (χ1v) is 13.5. The Morgan fingerprint density at radius 1 is 1.08 bits per heavy atom. The van der Waals surface area contributed by atoms with Gasteiger partial charge >= 0.3 is 0 Å². The molecule has 3 N–H and O–H groups in total. The molecule has 9 nitrogen and oxygen atoms in total. The molecule has 0 bridgehead atoms. The lowest BCUT2D eigenvalue weighted by molar-refractivity contribution is -0.00919. The number of hydrogen-bond acceptors (Lipinski definition) is 7. The average molecular weight is 528 g/mol. The van der Waals surface area contributed by atoms with Gasteiger partial charge in [0.1, 0.15) is 17.2 Å². The third-order valence-electron chi connectivity index (χ3n) is 7.99. The molecule has 2 aliphatic heterocycles. The van der Waals surface area contributed by atoms with E-state index in [0.29, 0.717) is 36.0 Å². The van der Waals surface area contributed by atoms with Gasteiger partial charge < -0.3 is 19.1 Å². The van der Waals surface area contributed by atoms with E-state index in [9.17, 15) is 4.39 Å². The number of H-pyrrole nitrogens is 2. The fourth-order valence-corrected chi connectivity index (χ4v) is 6.10. The maximum absolute atomic E-state index is 13.9. The molecule has 200 valence electrons. The second-order valence-corrected chi connectivity index (χ2v) is 10.6. The summed E-state index contributed by atoms with van der Waals surface area (Å²) in [5, 5.41) is 13.8. The number of rotatable bonds is 5. The molecule has 5 aromatic rings. The molecule has 6 heterocycles. The van der Waals surface area contributed by atoms with Crippen LogP contribution in [0, 0.1) is 19.7 Å². The van der Waals surface area contributed by atoms with Crippen LogP contribution in [0.4, 0.5) is 4.39 Å². The number of aryl methyl sites for hydroxylation is 2. The first kappa shape index (κ1) is 24.2. The van der Waals surface area contributed by atoms with Gasteiger partial charge in [-0.05, 0) is 56.4 Å². The molecule has 0 saturated carbocycles. The van der Waals surface area contributed by atoms with E-state index >= 15 is 0 Å². The van der Waals surface area contributed by atoms with Crippen molar-refractivity contribution in [3.05, 3.63) is 83.0 Å². The van der Waals surface area contributed by atoms with Crippen molar-refractivity contribution in [3.63, 3.8) is 0 Å². The molecule has 4 aromatic heterocycles. The largest absolute Gasteiger partial charge is 0.423 e. The van der Waals surface area contributed by atoms with Crippen molar-refractivity contribution in [2.24, 2.45) is 0 Å². The van der Waals surface area contributed by atoms with Crippen LogP contribution in [-0.4, -0.2) is 42.8 Å². The second-order valence-electron chi connectivity index (χ2n) is 10.6. The molecule has 0 spiro atoms. The third-order valence-corrected chi connectivity index (χ3v) is 7.99. The van der Waals surface area contributed by atoms with Crippen molar-refractivity contribution in [2.75, 3.05) is 6.61 Å². The number of nitrogens with zero attached hydrogens (tertiary/aromatic N) is 4. The summed E-state index contributed by atoms with van der Waals surface area (Å²) in [5.41, 5.74) is 4.19. The molecule has 39 heavy (non-hydrogen) atoms. The minimum Gasteiger partial charge on any atom is -0.423 e. The van der Waals surface area contributed by atoms with Gasteiger partial charge in [-0.15, -0.1) is 10.2 Å². The summed E-state index contributed by atoms with van der Waals surface area (Å²) < 4.78 is 26.3. The van der Waals surface area contributed by atoms with E-state index in [1.165, 1.54) is 11.6 Å². The summed E-state index contributed by atoms with van der Waals surface area (Å²) in [6, 6.07) is 11.2. The Bertz CT molecular complexity index is 1650. The van der Waals surface area contributed by atoms with E-state index in [1.54, 1.807) is 19.2 Å². The van der Waals surface area contributed by atoms with E-state index in [-0.39, 0.29) is 18.0 Å². The molecule has 0 radical (unpaired) electrons. The minimum absolute atomic E-state index is 0.0371. The van der Waals surface area contributed by atoms with Crippen LogP contribution in [0.1, 0.15) is 66.3 Å². The van der Waals surface area contributed by atoms with Crippen LogP contribution < -0.4 is 5.32 Å². The van der Waals surface area contributed by atoms with Crippen molar-refractivity contribution in [3.8, 4) is 11.4 Å². The topological polar surface area (TPSA) is 118 Å². The van der Waals surface area contributed by atoms with Gasteiger partial charge in [-0.1, -0.05) is 18.2 Å². The van der Waals surface area contributed by atoms with Gasteiger partial charge in [-0.3, -0.25) is 5.32 Å². The Hall–Kier alpha value is -3.89. The molecule has 0 amide bonds. The van der Waals surface area contributed by atoms with Crippen LogP contribution in [0.3, 0.4) is 0 Å². The van der Waals surface area contributed by atoms with Gasteiger partial charge in [0, 0.05) is 36.5 Å². The Kier molecular flexibility index (Phi) is 5.82. The average Bonchev–Trinajstić information content (AvgIpc) is 3.70. The third kappa shape index (κ3) is 4.15. The highest BCUT2D eigenvalue weighted by Crippen LogP contribution is 2.46. The number of aromatic nitrogens is 6. The van der Waals surface area contributed by atoms with Crippen LogP contribution in [0.5, 0.6) is 0 Å². The molecule has 2 unspecified atom stereocenters. The van der Waals surface area contributed by atoms with E-state index in [4.69, 9.17) is 14.1 Å². The highest BCUT2D eigenvalue weighted by atomic mass is 19.1. The number of imidazole rings is 1. The monoisotopic (exact) mass is 527 g/mol. The van der Waals surface area contributed by atoms with Crippen molar-refractivity contribution in [2.45, 2.75) is 63.6 Å². The predicted octanol–water partition coefficient (Wildman–Crippen LogP) is 5.18. The lowest BCUT2D eigenvalue weighted by Gasteiger charge is -2.41. The molecule has 10 heteroatoms. The number of ether oxygens (including phenoxy) is 1. The summed E-state index contributed by atoms with van der Waals surface area (Å²) >= 11 is 0. The van der Waals surface area contributed by atoms with Gasteiger partial charge in [0.05, 0.1) is 35.4 Å². The molecular formula is C29H30FN7O2. The van der Waals surface area contributed by atoms with Gasteiger partial charge in [0.2, 0.25) is 11.8 Å². The van der Waals surface area contributed by atoms with E-state index in [2.05, 4.69) is 48.7 Å². The Morgan fingerprint density at radius 3 is 2.77 bits per heavy atom. The number of nitrogens with one attached hydrogen (secondary N) is 3. The maximum Gasteiger partial charge on any atom is 0.242 e. The second kappa shape index (κ2) is 9.39.